The van der Waals surface area contributed by atoms with Crippen molar-refractivity contribution in [2.75, 3.05) is 0 Å². The summed E-state index contributed by atoms with van der Waals surface area (Å²) < 4.78 is 0. The molecule has 2 nitrogen and oxygen atoms in total. The molecule has 0 amide bonds. The first-order valence-electron chi connectivity index (χ1n) is 5.08. The summed E-state index contributed by atoms with van der Waals surface area (Å²) in [5, 5.41) is 17.8. The maximum Gasteiger partial charge on any atom is 0.488 e. The average molecular weight is 192 g/mol. The molecule has 0 aromatic heterocycles. The quantitative estimate of drug-likeness (QED) is 0.697. The average Bonchev–Trinajstić information content (AvgIpc) is 2.18. The summed E-state index contributed by atoms with van der Waals surface area (Å²) in [6.45, 7) is 4.39. The van der Waals surface area contributed by atoms with Crippen LogP contribution in [0, 0.1) is 5.92 Å². The van der Waals surface area contributed by atoms with Crippen LogP contribution in [-0.2, 0) is 6.42 Å². The van der Waals surface area contributed by atoms with Gasteiger partial charge in [-0.3, -0.25) is 0 Å². The smallest absolute Gasteiger partial charge is 0.423 e. The van der Waals surface area contributed by atoms with Crippen LogP contribution in [0.15, 0.2) is 24.3 Å². The molecule has 1 aromatic rings. The van der Waals surface area contributed by atoms with Crippen LogP contribution in [0.3, 0.4) is 0 Å². The van der Waals surface area contributed by atoms with E-state index < -0.39 is 7.12 Å². The Morgan fingerprint density at radius 1 is 1.21 bits per heavy atom. The molecule has 2 N–H and O–H groups in total. The molecule has 0 spiro atoms. The van der Waals surface area contributed by atoms with Crippen molar-refractivity contribution < 1.29 is 10.0 Å². The molecule has 14 heavy (non-hydrogen) atoms. The topological polar surface area (TPSA) is 40.5 Å². The molecule has 0 heterocycles. The van der Waals surface area contributed by atoms with Gasteiger partial charge in [0.1, 0.15) is 0 Å². The van der Waals surface area contributed by atoms with Crippen molar-refractivity contribution in [1.29, 1.82) is 0 Å². The molecule has 0 radical (unpaired) electrons. The molecule has 76 valence electrons. The lowest BCUT2D eigenvalue weighted by molar-refractivity contribution is 0.426. The van der Waals surface area contributed by atoms with Gasteiger partial charge in [0.05, 0.1) is 0 Å². The van der Waals surface area contributed by atoms with Gasteiger partial charge in [-0.2, -0.15) is 0 Å². The second-order valence-corrected chi connectivity index (χ2v) is 3.83. The summed E-state index contributed by atoms with van der Waals surface area (Å²) in [5.41, 5.74) is 1.81. The van der Waals surface area contributed by atoms with Crippen molar-refractivity contribution in [3.05, 3.63) is 29.8 Å². The van der Waals surface area contributed by atoms with E-state index in [1.165, 1.54) is 12.0 Å². The van der Waals surface area contributed by atoms with Gasteiger partial charge in [-0.15, -0.1) is 0 Å². The number of rotatable bonds is 4. The number of benzene rings is 1. The summed E-state index contributed by atoms with van der Waals surface area (Å²) in [5.74, 6) is 0.680. The monoisotopic (exact) mass is 192 g/mol. The van der Waals surface area contributed by atoms with E-state index in [-0.39, 0.29) is 0 Å². The minimum Gasteiger partial charge on any atom is -0.423 e. The third kappa shape index (κ3) is 3.16. The summed E-state index contributed by atoms with van der Waals surface area (Å²) in [4.78, 5) is 0. The summed E-state index contributed by atoms with van der Waals surface area (Å²) in [7, 11) is -1.35. The van der Waals surface area contributed by atoms with Crippen molar-refractivity contribution in [3.8, 4) is 0 Å². The van der Waals surface area contributed by atoms with Crippen LogP contribution in [0.1, 0.15) is 25.8 Å². The van der Waals surface area contributed by atoms with E-state index in [0.29, 0.717) is 11.4 Å². The molecule has 0 bridgehead atoms. The van der Waals surface area contributed by atoms with Gasteiger partial charge in [-0.1, -0.05) is 44.5 Å². The standard InChI is InChI=1S/C11H17BO2/c1-3-9(2)8-10-4-6-11(7-5-10)12(13)14/h4-7,9,13-14H,3,8H2,1-2H3. The lowest BCUT2D eigenvalue weighted by Crippen LogP contribution is -2.29. The van der Waals surface area contributed by atoms with Gasteiger partial charge in [-0.25, -0.2) is 0 Å². The third-order valence-corrected chi connectivity index (χ3v) is 2.56. The number of hydrogen-bond donors (Lipinski definition) is 2. The van der Waals surface area contributed by atoms with Gasteiger partial charge in [0.25, 0.3) is 0 Å². The fourth-order valence-corrected chi connectivity index (χ4v) is 1.37. The van der Waals surface area contributed by atoms with Crippen LogP contribution < -0.4 is 5.46 Å². The molecule has 0 aliphatic heterocycles. The molecule has 0 aliphatic rings. The van der Waals surface area contributed by atoms with Crippen LogP contribution in [0.25, 0.3) is 0 Å². The maximum absolute atomic E-state index is 8.90. The summed E-state index contributed by atoms with van der Waals surface area (Å²) >= 11 is 0. The van der Waals surface area contributed by atoms with Gasteiger partial charge in [0.15, 0.2) is 0 Å². The lowest BCUT2D eigenvalue weighted by Gasteiger charge is -2.08. The molecule has 1 unspecified atom stereocenters. The van der Waals surface area contributed by atoms with Gasteiger partial charge >= 0.3 is 7.12 Å². The first-order chi connectivity index (χ1) is 6.63. The van der Waals surface area contributed by atoms with Crippen molar-refractivity contribution in [2.45, 2.75) is 26.7 Å². The van der Waals surface area contributed by atoms with Crippen molar-refractivity contribution in [3.63, 3.8) is 0 Å². The normalized spacial score (nSPS) is 12.6. The second kappa shape index (κ2) is 5.18. The van der Waals surface area contributed by atoms with Crippen molar-refractivity contribution in [2.24, 2.45) is 5.92 Å². The van der Waals surface area contributed by atoms with Crippen LogP contribution in [0.4, 0.5) is 0 Å². The van der Waals surface area contributed by atoms with Gasteiger partial charge in [-0.05, 0) is 23.4 Å². The van der Waals surface area contributed by atoms with E-state index >= 15 is 0 Å². The first-order valence-corrected chi connectivity index (χ1v) is 5.08. The highest BCUT2D eigenvalue weighted by Gasteiger charge is 2.10. The second-order valence-electron chi connectivity index (χ2n) is 3.83. The van der Waals surface area contributed by atoms with Crippen molar-refractivity contribution >= 4 is 12.6 Å². The fraction of sp³-hybridized carbons (Fsp3) is 0.455. The Balaban J connectivity index is 2.64. The molecule has 1 rings (SSSR count). The molecule has 1 atom stereocenters. The van der Waals surface area contributed by atoms with Gasteiger partial charge in [0, 0.05) is 0 Å². The van der Waals surface area contributed by atoms with Crippen LogP contribution in [-0.4, -0.2) is 17.2 Å². The molecule has 0 saturated carbocycles. The predicted octanol–water partition coefficient (Wildman–Crippen LogP) is 0.955. The highest BCUT2D eigenvalue weighted by atomic mass is 16.4. The largest absolute Gasteiger partial charge is 0.488 e. The van der Waals surface area contributed by atoms with Gasteiger partial charge < -0.3 is 10.0 Å². The van der Waals surface area contributed by atoms with E-state index in [0.717, 1.165) is 6.42 Å². The zero-order chi connectivity index (χ0) is 10.6. The highest BCUT2D eigenvalue weighted by molar-refractivity contribution is 6.58. The maximum atomic E-state index is 8.90. The minimum atomic E-state index is -1.35. The Kier molecular flexibility index (Phi) is 4.17. The predicted molar refractivity (Wildman–Crippen MR) is 59.4 cm³/mol. The fourth-order valence-electron chi connectivity index (χ4n) is 1.37. The Labute approximate surface area is 85.7 Å². The Bertz CT molecular complexity index is 269. The lowest BCUT2D eigenvalue weighted by atomic mass is 9.80. The van der Waals surface area contributed by atoms with Crippen LogP contribution in [0.2, 0.25) is 0 Å². The SMILES string of the molecule is CCC(C)Cc1ccc(B(O)O)cc1. The summed E-state index contributed by atoms with van der Waals surface area (Å²) in [6, 6.07) is 7.45. The molecule has 0 aliphatic carbocycles. The molecule has 0 saturated heterocycles. The molecular formula is C11H17BO2. The van der Waals surface area contributed by atoms with Crippen LogP contribution >= 0.6 is 0 Å². The van der Waals surface area contributed by atoms with Crippen molar-refractivity contribution in [1.82, 2.24) is 0 Å². The molecule has 3 heteroatoms. The van der Waals surface area contributed by atoms with E-state index in [1.54, 1.807) is 12.1 Å². The summed E-state index contributed by atoms with van der Waals surface area (Å²) in [6.07, 6.45) is 2.22. The molecular weight excluding hydrogens is 175 g/mol. The first kappa shape index (κ1) is 11.3. The molecule has 0 fully saturated rings. The Morgan fingerprint density at radius 3 is 2.21 bits per heavy atom. The van der Waals surface area contributed by atoms with E-state index in [1.807, 2.05) is 12.1 Å². The third-order valence-electron chi connectivity index (χ3n) is 2.56. The number of hydrogen-bond acceptors (Lipinski definition) is 2. The Hall–Kier alpha value is -0.795. The van der Waals surface area contributed by atoms with E-state index in [4.69, 9.17) is 10.0 Å². The van der Waals surface area contributed by atoms with E-state index in [9.17, 15) is 0 Å². The van der Waals surface area contributed by atoms with Gasteiger partial charge in [0.2, 0.25) is 0 Å². The Morgan fingerprint density at radius 2 is 1.79 bits per heavy atom. The zero-order valence-corrected chi connectivity index (χ0v) is 8.77. The zero-order valence-electron chi connectivity index (χ0n) is 8.77. The van der Waals surface area contributed by atoms with E-state index in [2.05, 4.69) is 13.8 Å². The molecule has 1 aromatic carbocycles. The van der Waals surface area contributed by atoms with Crippen LogP contribution in [0.5, 0.6) is 0 Å². The minimum absolute atomic E-state index is 0.554. The highest BCUT2D eigenvalue weighted by Crippen LogP contribution is 2.10.